The molecule has 1 aliphatic rings. The number of carbonyl (C=O) groups excluding carboxylic acids is 1. The van der Waals surface area contributed by atoms with E-state index in [-0.39, 0.29) is 11.9 Å². The zero-order chi connectivity index (χ0) is 17.1. The highest BCUT2D eigenvalue weighted by Crippen LogP contribution is 2.30. The van der Waals surface area contributed by atoms with Crippen molar-refractivity contribution in [2.75, 3.05) is 44.0 Å². The third kappa shape index (κ3) is 3.17. The molecule has 1 saturated heterocycles. The predicted molar refractivity (Wildman–Crippen MR) is 97.4 cm³/mol. The van der Waals surface area contributed by atoms with Gasteiger partial charge in [-0.2, -0.15) is 0 Å². The van der Waals surface area contributed by atoms with E-state index in [2.05, 4.69) is 28.2 Å². The number of hydrogen-bond donors (Lipinski definition) is 1. The number of carbonyl (C=O) groups is 1. The molecule has 1 aromatic heterocycles. The smallest absolute Gasteiger partial charge is 0.273 e. The summed E-state index contributed by atoms with van der Waals surface area (Å²) in [5, 5.41) is 5.55. The fourth-order valence-electron chi connectivity index (χ4n) is 3.00. The van der Waals surface area contributed by atoms with Crippen LogP contribution in [-0.4, -0.2) is 55.6 Å². The van der Waals surface area contributed by atoms with Gasteiger partial charge in [-0.05, 0) is 19.1 Å². The first-order valence-corrected chi connectivity index (χ1v) is 8.84. The molecule has 0 radical (unpaired) electrons. The Kier molecular flexibility index (Phi) is 4.89. The maximum Gasteiger partial charge on any atom is 0.273 e. The van der Waals surface area contributed by atoms with E-state index in [0.717, 1.165) is 29.7 Å². The molecule has 3 rings (SSSR count). The van der Waals surface area contributed by atoms with Gasteiger partial charge in [0.1, 0.15) is 11.4 Å². The van der Waals surface area contributed by atoms with Gasteiger partial charge in [-0.15, -0.1) is 11.3 Å². The molecular weight excluding hydrogens is 324 g/mol. The number of aromatic nitrogens is 1. The lowest BCUT2D eigenvalue weighted by molar-refractivity contribution is 0.0669. The minimum atomic E-state index is -0.0000679. The average Bonchev–Trinajstić information content (AvgIpc) is 3.10. The van der Waals surface area contributed by atoms with E-state index in [9.17, 15) is 4.79 Å². The number of anilines is 2. The number of methoxy groups -OCH3 is 1. The van der Waals surface area contributed by atoms with Gasteiger partial charge in [-0.1, -0.05) is 12.1 Å². The van der Waals surface area contributed by atoms with Gasteiger partial charge in [-0.3, -0.25) is 4.79 Å². The molecule has 1 fully saturated rings. The number of hydrogen-bond acceptors (Lipinski definition) is 6. The van der Waals surface area contributed by atoms with Crippen LogP contribution in [0.1, 0.15) is 17.4 Å². The van der Waals surface area contributed by atoms with Crippen molar-refractivity contribution >= 4 is 28.1 Å². The van der Waals surface area contributed by atoms with E-state index in [1.54, 1.807) is 7.11 Å². The Hall–Kier alpha value is -2.28. The van der Waals surface area contributed by atoms with Crippen molar-refractivity contribution in [1.82, 2.24) is 9.88 Å². The van der Waals surface area contributed by atoms with E-state index in [4.69, 9.17) is 4.74 Å². The van der Waals surface area contributed by atoms with Gasteiger partial charge in [0, 0.05) is 38.1 Å². The topological polar surface area (TPSA) is 57.7 Å². The van der Waals surface area contributed by atoms with Crippen molar-refractivity contribution in [3.8, 4) is 5.75 Å². The van der Waals surface area contributed by atoms with Gasteiger partial charge in [0.05, 0.1) is 12.8 Å². The van der Waals surface area contributed by atoms with Gasteiger partial charge in [0.15, 0.2) is 5.13 Å². The van der Waals surface area contributed by atoms with Gasteiger partial charge in [-0.25, -0.2) is 4.98 Å². The van der Waals surface area contributed by atoms with E-state index >= 15 is 0 Å². The highest BCUT2D eigenvalue weighted by atomic mass is 32.1. The van der Waals surface area contributed by atoms with Crippen LogP contribution in [0.2, 0.25) is 0 Å². The van der Waals surface area contributed by atoms with Crippen LogP contribution in [-0.2, 0) is 0 Å². The Labute approximate surface area is 146 Å². The SMILES string of the molecule is CNc1nc(C(=O)N2CCN(c3ccccc3OC)C[C@@H]2C)cs1. The number of amides is 1. The molecule has 1 atom stereocenters. The number of nitrogens with zero attached hydrogens (tertiary/aromatic N) is 3. The molecule has 1 aliphatic heterocycles. The third-order valence-electron chi connectivity index (χ3n) is 4.25. The summed E-state index contributed by atoms with van der Waals surface area (Å²) in [5.74, 6) is 0.863. The Morgan fingerprint density at radius 2 is 2.17 bits per heavy atom. The van der Waals surface area contributed by atoms with Crippen LogP contribution in [0.5, 0.6) is 5.75 Å². The first kappa shape index (κ1) is 16.6. The summed E-state index contributed by atoms with van der Waals surface area (Å²) < 4.78 is 5.45. The molecule has 1 aromatic carbocycles. The Morgan fingerprint density at radius 1 is 1.38 bits per heavy atom. The molecule has 6 nitrogen and oxygen atoms in total. The van der Waals surface area contributed by atoms with Crippen LogP contribution >= 0.6 is 11.3 Å². The molecule has 128 valence electrons. The van der Waals surface area contributed by atoms with Crippen LogP contribution in [0, 0.1) is 0 Å². The minimum Gasteiger partial charge on any atom is -0.495 e. The van der Waals surface area contributed by atoms with Crippen LogP contribution in [0.4, 0.5) is 10.8 Å². The minimum absolute atomic E-state index is 0.0000679. The summed E-state index contributed by atoms with van der Waals surface area (Å²) in [6.07, 6.45) is 0. The number of rotatable bonds is 4. The average molecular weight is 346 g/mol. The lowest BCUT2D eigenvalue weighted by atomic mass is 10.1. The van der Waals surface area contributed by atoms with Crippen molar-refractivity contribution in [2.45, 2.75) is 13.0 Å². The Bertz CT molecular complexity index is 718. The summed E-state index contributed by atoms with van der Waals surface area (Å²) in [6.45, 7) is 4.30. The maximum absolute atomic E-state index is 12.7. The molecular formula is C17H22N4O2S. The fourth-order valence-corrected chi connectivity index (χ4v) is 3.65. The number of para-hydroxylation sites is 2. The Balaban J connectivity index is 1.72. The number of benzene rings is 1. The molecule has 1 N–H and O–H groups in total. The molecule has 24 heavy (non-hydrogen) atoms. The van der Waals surface area contributed by atoms with E-state index < -0.39 is 0 Å². The van der Waals surface area contributed by atoms with Gasteiger partial charge in [0.25, 0.3) is 5.91 Å². The highest BCUT2D eigenvalue weighted by Gasteiger charge is 2.30. The monoisotopic (exact) mass is 346 g/mol. The molecule has 0 unspecified atom stereocenters. The van der Waals surface area contributed by atoms with E-state index in [1.165, 1.54) is 11.3 Å². The van der Waals surface area contributed by atoms with Crippen LogP contribution < -0.4 is 15.0 Å². The number of thiazole rings is 1. The molecule has 0 bridgehead atoms. The lowest BCUT2D eigenvalue weighted by Crippen LogP contribution is -2.54. The van der Waals surface area contributed by atoms with Crippen molar-refractivity contribution in [3.05, 3.63) is 35.3 Å². The molecule has 7 heteroatoms. The summed E-state index contributed by atoms with van der Waals surface area (Å²) in [4.78, 5) is 21.2. The quantitative estimate of drug-likeness (QED) is 0.922. The standard InChI is InChI=1S/C17H22N4O2S/c1-12-10-20(14-6-4-5-7-15(14)23-3)8-9-21(12)16(22)13-11-24-17(18-2)19-13/h4-7,11-12H,8-10H2,1-3H3,(H,18,19)/t12-/m0/s1. The second-order valence-corrected chi connectivity index (χ2v) is 6.61. The van der Waals surface area contributed by atoms with Crippen molar-refractivity contribution in [2.24, 2.45) is 0 Å². The summed E-state index contributed by atoms with van der Waals surface area (Å²) in [6, 6.07) is 8.10. The number of piperazine rings is 1. The van der Waals surface area contributed by atoms with Gasteiger partial charge in [0.2, 0.25) is 0 Å². The first-order valence-electron chi connectivity index (χ1n) is 7.96. The second-order valence-electron chi connectivity index (χ2n) is 5.75. The van der Waals surface area contributed by atoms with E-state index in [1.807, 2.05) is 35.5 Å². The highest BCUT2D eigenvalue weighted by molar-refractivity contribution is 7.13. The molecule has 0 saturated carbocycles. The third-order valence-corrected chi connectivity index (χ3v) is 5.11. The van der Waals surface area contributed by atoms with Gasteiger partial charge >= 0.3 is 0 Å². The van der Waals surface area contributed by atoms with Crippen LogP contribution in [0.3, 0.4) is 0 Å². The predicted octanol–water partition coefficient (Wildman–Crippen LogP) is 2.54. The van der Waals surface area contributed by atoms with E-state index in [0.29, 0.717) is 12.2 Å². The molecule has 2 heterocycles. The molecule has 0 aliphatic carbocycles. The fraction of sp³-hybridized carbons (Fsp3) is 0.412. The maximum atomic E-state index is 12.7. The second kappa shape index (κ2) is 7.09. The molecule has 0 spiro atoms. The summed E-state index contributed by atoms with van der Waals surface area (Å²) in [5.41, 5.74) is 1.59. The van der Waals surface area contributed by atoms with Crippen LogP contribution in [0.25, 0.3) is 0 Å². The summed E-state index contributed by atoms with van der Waals surface area (Å²) in [7, 11) is 3.49. The van der Waals surface area contributed by atoms with Crippen molar-refractivity contribution < 1.29 is 9.53 Å². The summed E-state index contributed by atoms with van der Waals surface area (Å²) >= 11 is 1.45. The molecule has 2 aromatic rings. The lowest BCUT2D eigenvalue weighted by Gasteiger charge is -2.41. The van der Waals surface area contributed by atoms with Crippen molar-refractivity contribution in [3.63, 3.8) is 0 Å². The van der Waals surface area contributed by atoms with Crippen LogP contribution in [0.15, 0.2) is 29.6 Å². The van der Waals surface area contributed by atoms with Gasteiger partial charge < -0.3 is 19.9 Å². The zero-order valence-corrected chi connectivity index (χ0v) is 15.0. The normalized spacial score (nSPS) is 17.7. The largest absolute Gasteiger partial charge is 0.495 e. The first-order chi connectivity index (χ1) is 11.6. The number of nitrogens with one attached hydrogen (secondary N) is 1. The molecule has 1 amide bonds. The van der Waals surface area contributed by atoms with Crippen molar-refractivity contribution in [1.29, 1.82) is 0 Å². The zero-order valence-electron chi connectivity index (χ0n) is 14.2. The number of ether oxygens (including phenoxy) is 1. The Morgan fingerprint density at radius 3 is 2.83 bits per heavy atom.